The van der Waals surface area contributed by atoms with Crippen molar-refractivity contribution in [3.8, 4) is 0 Å². The van der Waals surface area contributed by atoms with Crippen molar-refractivity contribution in [1.82, 2.24) is 15.3 Å². The van der Waals surface area contributed by atoms with Crippen LogP contribution in [-0.4, -0.2) is 35.0 Å². The third kappa shape index (κ3) is 3.70. The van der Waals surface area contributed by atoms with Crippen molar-refractivity contribution in [3.63, 3.8) is 0 Å². The van der Waals surface area contributed by atoms with Gasteiger partial charge >= 0.3 is 0 Å². The van der Waals surface area contributed by atoms with Crippen LogP contribution in [0, 0.1) is 13.8 Å². The maximum absolute atomic E-state index is 12.6. The number of carbonyl (C=O) groups excluding carboxylic acids is 1. The number of aryl methyl sites for hydroxylation is 2. The van der Waals surface area contributed by atoms with Gasteiger partial charge in [0.2, 0.25) is 0 Å². The molecule has 1 aromatic carbocycles. The van der Waals surface area contributed by atoms with Gasteiger partial charge in [0, 0.05) is 35.4 Å². The monoisotopic (exact) mass is 400 g/mol. The molecule has 0 saturated carbocycles. The summed E-state index contributed by atoms with van der Waals surface area (Å²) in [6.45, 7) is 5.41. The van der Waals surface area contributed by atoms with Crippen molar-refractivity contribution in [2.45, 2.75) is 19.9 Å². The largest absolute Gasteiger partial charge is 0.367 e. The summed E-state index contributed by atoms with van der Waals surface area (Å²) in [5, 5.41) is 4.80. The fourth-order valence-electron chi connectivity index (χ4n) is 3.39. The highest BCUT2D eigenvalue weighted by Gasteiger charge is 2.29. The number of benzene rings is 1. The van der Waals surface area contributed by atoms with Crippen LogP contribution in [0.2, 0.25) is 10.3 Å². The summed E-state index contributed by atoms with van der Waals surface area (Å²) < 4.78 is 0. The van der Waals surface area contributed by atoms with Gasteiger partial charge < -0.3 is 10.2 Å². The molecule has 27 heavy (non-hydrogen) atoms. The summed E-state index contributed by atoms with van der Waals surface area (Å²) in [7, 11) is 0. The van der Waals surface area contributed by atoms with Crippen molar-refractivity contribution in [2.24, 2.45) is 0 Å². The first-order valence-electron chi connectivity index (χ1n) is 8.66. The van der Waals surface area contributed by atoms with E-state index in [1.54, 1.807) is 12.1 Å². The number of halogens is 2. The smallest absolute Gasteiger partial charge is 0.251 e. The Bertz CT molecular complexity index is 1030. The predicted octanol–water partition coefficient (Wildman–Crippen LogP) is 4.17. The van der Waals surface area contributed by atoms with Gasteiger partial charge in [-0.25, -0.2) is 4.98 Å². The molecule has 2 aromatic heterocycles. The first kappa shape index (κ1) is 18.0. The number of rotatable bonds is 3. The van der Waals surface area contributed by atoms with Gasteiger partial charge in [0.15, 0.2) is 0 Å². The maximum Gasteiger partial charge on any atom is 0.251 e. The molecule has 1 N–H and O–H groups in total. The van der Waals surface area contributed by atoms with E-state index < -0.39 is 0 Å². The minimum absolute atomic E-state index is 0.0766. The number of nitrogens with zero attached hydrogens (tertiary/aromatic N) is 3. The average Bonchev–Trinajstić information content (AvgIpc) is 2.56. The first-order valence-corrected chi connectivity index (χ1v) is 9.41. The minimum Gasteiger partial charge on any atom is -0.367 e. The molecule has 0 bridgehead atoms. The number of hydrogen-bond donors (Lipinski definition) is 1. The Morgan fingerprint density at radius 1 is 1.07 bits per heavy atom. The van der Waals surface area contributed by atoms with Gasteiger partial charge in [0.25, 0.3) is 5.91 Å². The van der Waals surface area contributed by atoms with Crippen LogP contribution in [0.1, 0.15) is 21.6 Å². The molecule has 138 valence electrons. The fourth-order valence-corrected chi connectivity index (χ4v) is 3.84. The Balaban J connectivity index is 1.44. The lowest BCUT2D eigenvalue weighted by Crippen LogP contribution is -2.59. The van der Waals surface area contributed by atoms with E-state index >= 15 is 0 Å². The number of amides is 1. The fraction of sp³-hybridized carbons (Fsp3) is 0.250. The quantitative estimate of drug-likeness (QED) is 0.670. The molecule has 7 heteroatoms. The molecule has 0 radical (unpaired) electrons. The maximum atomic E-state index is 12.6. The van der Waals surface area contributed by atoms with E-state index in [-0.39, 0.29) is 11.9 Å². The van der Waals surface area contributed by atoms with Crippen LogP contribution >= 0.6 is 23.2 Å². The number of nitrogens with one attached hydrogen (secondary N) is 1. The number of fused-ring (bicyclic) bond motifs is 1. The Morgan fingerprint density at radius 3 is 2.48 bits per heavy atom. The van der Waals surface area contributed by atoms with E-state index in [0.717, 1.165) is 27.8 Å². The molecule has 1 saturated heterocycles. The zero-order valence-electron chi connectivity index (χ0n) is 15.0. The van der Waals surface area contributed by atoms with Crippen molar-refractivity contribution >= 4 is 45.7 Å². The van der Waals surface area contributed by atoms with Crippen molar-refractivity contribution < 1.29 is 4.79 Å². The Kier molecular flexibility index (Phi) is 4.66. The second-order valence-electron chi connectivity index (χ2n) is 6.86. The van der Waals surface area contributed by atoms with Crippen molar-refractivity contribution in [3.05, 3.63) is 63.5 Å². The van der Waals surface area contributed by atoms with E-state index in [2.05, 4.69) is 20.2 Å². The van der Waals surface area contributed by atoms with Crippen LogP contribution in [0.15, 0.2) is 36.4 Å². The zero-order valence-corrected chi connectivity index (χ0v) is 16.5. The van der Waals surface area contributed by atoms with Gasteiger partial charge in [-0.3, -0.25) is 9.78 Å². The van der Waals surface area contributed by atoms with E-state index in [1.165, 1.54) is 0 Å². The van der Waals surface area contributed by atoms with E-state index in [9.17, 15) is 4.79 Å². The van der Waals surface area contributed by atoms with Crippen molar-refractivity contribution in [2.75, 3.05) is 18.0 Å². The Morgan fingerprint density at radius 2 is 1.78 bits per heavy atom. The van der Waals surface area contributed by atoms with Gasteiger partial charge in [-0.05, 0) is 55.8 Å². The van der Waals surface area contributed by atoms with Crippen LogP contribution in [0.3, 0.4) is 0 Å². The van der Waals surface area contributed by atoms with Crippen molar-refractivity contribution in [1.29, 1.82) is 0 Å². The van der Waals surface area contributed by atoms with Gasteiger partial charge in [0.1, 0.15) is 10.3 Å². The minimum atomic E-state index is -0.0766. The molecule has 0 aliphatic carbocycles. The number of carbonyl (C=O) groups is 1. The number of hydrogen-bond acceptors (Lipinski definition) is 4. The van der Waals surface area contributed by atoms with Crippen LogP contribution in [0.4, 0.5) is 5.69 Å². The second kappa shape index (κ2) is 6.98. The van der Waals surface area contributed by atoms with Crippen LogP contribution in [0.25, 0.3) is 10.9 Å². The molecule has 3 heterocycles. The number of pyridine rings is 2. The summed E-state index contributed by atoms with van der Waals surface area (Å²) in [5.41, 5.74) is 4.56. The van der Waals surface area contributed by atoms with E-state index in [4.69, 9.17) is 23.2 Å². The molecular formula is C20H18Cl2N4O. The molecule has 0 spiro atoms. The molecule has 1 amide bonds. The van der Waals surface area contributed by atoms with Gasteiger partial charge in [-0.1, -0.05) is 23.2 Å². The topological polar surface area (TPSA) is 58.1 Å². The molecule has 1 aliphatic rings. The molecule has 1 fully saturated rings. The Labute approximate surface area is 167 Å². The average molecular weight is 401 g/mol. The molecule has 5 nitrogen and oxygen atoms in total. The van der Waals surface area contributed by atoms with Crippen LogP contribution in [-0.2, 0) is 0 Å². The van der Waals surface area contributed by atoms with Gasteiger partial charge in [0.05, 0.1) is 11.6 Å². The highest BCUT2D eigenvalue weighted by atomic mass is 35.5. The lowest BCUT2D eigenvalue weighted by atomic mass is 10.0. The molecule has 3 aromatic rings. The predicted molar refractivity (Wildman–Crippen MR) is 109 cm³/mol. The van der Waals surface area contributed by atoms with Crippen LogP contribution < -0.4 is 10.2 Å². The number of aromatic nitrogens is 2. The zero-order chi connectivity index (χ0) is 19.1. The molecule has 1 aliphatic heterocycles. The summed E-state index contributed by atoms with van der Waals surface area (Å²) in [4.78, 5) is 23.2. The summed E-state index contributed by atoms with van der Waals surface area (Å²) in [6.07, 6.45) is 0. The highest BCUT2D eigenvalue weighted by Crippen LogP contribution is 2.26. The molecule has 0 atom stereocenters. The number of anilines is 1. The van der Waals surface area contributed by atoms with Gasteiger partial charge in [-0.15, -0.1) is 0 Å². The van der Waals surface area contributed by atoms with Crippen LogP contribution in [0.5, 0.6) is 0 Å². The lowest BCUT2D eigenvalue weighted by molar-refractivity contribution is 0.0930. The second-order valence-corrected chi connectivity index (χ2v) is 7.63. The first-order chi connectivity index (χ1) is 12.9. The standard InChI is InChI=1S/C20H18Cl2N4O/c1-11-5-12(2)23-17-4-3-13(6-16(11)17)20(27)24-14-9-26(10-14)15-7-18(21)25-19(22)8-15/h3-8,14H,9-10H2,1-2H3,(H,24,27). The molecule has 0 unspecified atom stereocenters. The molecule has 4 rings (SSSR count). The summed E-state index contributed by atoms with van der Waals surface area (Å²) in [6, 6.07) is 11.3. The molecular weight excluding hydrogens is 383 g/mol. The Hall–Kier alpha value is -2.37. The normalized spacial score (nSPS) is 14.3. The summed E-state index contributed by atoms with van der Waals surface area (Å²) in [5.74, 6) is -0.0766. The third-order valence-corrected chi connectivity index (χ3v) is 5.12. The van der Waals surface area contributed by atoms with E-state index in [0.29, 0.717) is 29.0 Å². The highest BCUT2D eigenvalue weighted by molar-refractivity contribution is 6.32. The SMILES string of the molecule is Cc1cc(C)c2cc(C(=O)NC3CN(c4cc(Cl)nc(Cl)c4)C3)ccc2n1. The third-order valence-electron chi connectivity index (χ3n) is 4.74. The van der Waals surface area contributed by atoms with E-state index in [1.807, 2.05) is 38.1 Å². The lowest BCUT2D eigenvalue weighted by Gasteiger charge is -2.41. The summed E-state index contributed by atoms with van der Waals surface area (Å²) >= 11 is 11.9. The van der Waals surface area contributed by atoms with Gasteiger partial charge in [-0.2, -0.15) is 0 Å².